The van der Waals surface area contributed by atoms with Crippen LogP contribution in [0.15, 0.2) is 22.6 Å². The summed E-state index contributed by atoms with van der Waals surface area (Å²) < 4.78 is 5.73. The van der Waals surface area contributed by atoms with Gasteiger partial charge in [-0.3, -0.25) is 9.59 Å². The minimum absolute atomic E-state index is 0.158. The van der Waals surface area contributed by atoms with Crippen molar-refractivity contribution in [3.05, 3.63) is 35.1 Å². The van der Waals surface area contributed by atoms with Gasteiger partial charge in [-0.2, -0.15) is 0 Å². The molecular weight excluding hydrogens is 292 g/mol. The lowest BCUT2D eigenvalue weighted by Crippen LogP contribution is -2.31. The maximum absolute atomic E-state index is 12.1. The summed E-state index contributed by atoms with van der Waals surface area (Å²) in [6, 6.07) is 5.20. The Hall–Kier alpha value is -2.30. The molecule has 1 saturated carbocycles. The molecule has 5 nitrogen and oxygen atoms in total. The number of primary amides is 1. The van der Waals surface area contributed by atoms with Crippen LogP contribution in [0.3, 0.4) is 0 Å². The van der Waals surface area contributed by atoms with Crippen LogP contribution in [0.1, 0.15) is 47.4 Å². The molecule has 1 aromatic carbocycles. The SMILES string of the molecule is Cc1oc2ccc(C(N)=O)cc2c1CCNC(=O)C1CCCC1. The molecule has 0 radical (unpaired) electrons. The normalized spacial score (nSPS) is 15.2. The Morgan fingerprint density at radius 1 is 1.30 bits per heavy atom. The van der Waals surface area contributed by atoms with E-state index in [1.165, 1.54) is 0 Å². The molecule has 122 valence electrons. The van der Waals surface area contributed by atoms with E-state index >= 15 is 0 Å². The van der Waals surface area contributed by atoms with Crippen LogP contribution in [0.4, 0.5) is 0 Å². The molecular formula is C18H22N2O3. The van der Waals surface area contributed by atoms with E-state index in [1.807, 2.05) is 6.92 Å². The highest BCUT2D eigenvalue weighted by Crippen LogP contribution is 2.27. The molecule has 2 aromatic rings. The molecule has 0 bridgehead atoms. The first-order valence-corrected chi connectivity index (χ1v) is 8.16. The second kappa shape index (κ2) is 6.44. The van der Waals surface area contributed by atoms with Gasteiger partial charge in [0.2, 0.25) is 11.8 Å². The molecule has 3 rings (SSSR count). The van der Waals surface area contributed by atoms with Gasteiger partial charge >= 0.3 is 0 Å². The van der Waals surface area contributed by atoms with Crippen molar-refractivity contribution in [3.8, 4) is 0 Å². The van der Waals surface area contributed by atoms with Crippen molar-refractivity contribution in [3.63, 3.8) is 0 Å². The highest BCUT2D eigenvalue weighted by Gasteiger charge is 2.22. The van der Waals surface area contributed by atoms with Crippen LogP contribution in [-0.4, -0.2) is 18.4 Å². The van der Waals surface area contributed by atoms with E-state index in [4.69, 9.17) is 10.2 Å². The molecule has 1 aromatic heterocycles. The van der Waals surface area contributed by atoms with Gasteiger partial charge in [0.25, 0.3) is 0 Å². The van der Waals surface area contributed by atoms with Crippen molar-refractivity contribution >= 4 is 22.8 Å². The van der Waals surface area contributed by atoms with E-state index in [9.17, 15) is 9.59 Å². The third-order valence-electron chi connectivity index (χ3n) is 4.68. The lowest BCUT2D eigenvalue weighted by atomic mass is 10.0. The van der Waals surface area contributed by atoms with Crippen LogP contribution in [0, 0.1) is 12.8 Å². The first-order valence-electron chi connectivity index (χ1n) is 8.16. The molecule has 0 spiro atoms. The highest BCUT2D eigenvalue weighted by atomic mass is 16.3. The summed E-state index contributed by atoms with van der Waals surface area (Å²) in [5.41, 5.74) is 7.58. The quantitative estimate of drug-likeness (QED) is 0.889. The van der Waals surface area contributed by atoms with Crippen LogP contribution >= 0.6 is 0 Å². The topological polar surface area (TPSA) is 85.3 Å². The third-order valence-corrected chi connectivity index (χ3v) is 4.68. The monoisotopic (exact) mass is 314 g/mol. The Morgan fingerprint density at radius 2 is 2.04 bits per heavy atom. The van der Waals surface area contributed by atoms with E-state index in [2.05, 4.69) is 5.32 Å². The van der Waals surface area contributed by atoms with Crippen molar-refractivity contribution in [1.29, 1.82) is 0 Å². The number of benzene rings is 1. The number of rotatable bonds is 5. The van der Waals surface area contributed by atoms with Gasteiger partial charge in [-0.05, 0) is 44.4 Å². The van der Waals surface area contributed by atoms with Crippen molar-refractivity contribution in [2.75, 3.05) is 6.54 Å². The van der Waals surface area contributed by atoms with Gasteiger partial charge in [0.1, 0.15) is 11.3 Å². The molecule has 1 aliphatic carbocycles. The minimum Gasteiger partial charge on any atom is -0.461 e. The van der Waals surface area contributed by atoms with E-state index in [1.54, 1.807) is 18.2 Å². The van der Waals surface area contributed by atoms with Crippen LogP contribution in [0.2, 0.25) is 0 Å². The fourth-order valence-electron chi connectivity index (χ4n) is 3.38. The Balaban J connectivity index is 1.71. The number of nitrogens with two attached hydrogens (primary N) is 1. The summed E-state index contributed by atoms with van der Waals surface area (Å²) in [7, 11) is 0. The zero-order chi connectivity index (χ0) is 16.4. The lowest BCUT2D eigenvalue weighted by molar-refractivity contribution is -0.124. The maximum Gasteiger partial charge on any atom is 0.248 e. The highest BCUT2D eigenvalue weighted by molar-refractivity contribution is 5.97. The summed E-state index contributed by atoms with van der Waals surface area (Å²) in [6.07, 6.45) is 4.99. The van der Waals surface area contributed by atoms with Gasteiger partial charge < -0.3 is 15.5 Å². The number of amides is 2. The van der Waals surface area contributed by atoms with Crippen LogP contribution in [0.25, 0.3) is 11.0 Å². The number of nitrogens with one attached hydrogen (secondary N) is 1. The standard InChI is InChI=1S/C18H22N2O3/c1-11-14(8-9-20-18(22)12-4-2-3-5-12)15-10-13(17(19)21)6-7-16(15)23-11/h6-7,10,12H,2-5,8-9H2,1H3,(H2,19,21)(H,20,22). The Labute approximate surface area is 135 Å². The Kier molecular flexibility index (Phi) is 4.37. The summed E-state index contributed by atoms with van der Waals surface area (Å²) in [5.74, 6) is 0.701. The molecule has 0 atom stereocenters. The number of aryl methyl sites for hydroxylation is 1. The zero-order valence-electron chi connectivity index (χ0n) is 13.4. The molecule has 1 heterocycles. The second-order valence-corrected chi connectivity index (χ2v) is 6.23. The second-order valence-electron chi connectivity index (χ2n) is 6.23. The van der Waals surface area contributed by atoms with Crippen molar-refractivity contribution in [2.24, 2.45) is 11.7 Å². The smallest absolute Gasteiger partial charge is 0.248 e. The van der Waals surface area contributed by atoms with Gasteiger partial charge in [-0.25, -0.2) is 0 Å². The predicted octanol–water partition coefficient (Wildman–Crippen LogP) is 2.69. The fraction of sp³-hybridized carbons (Fsp3) is 0.444. The molecule has 23 heavy (non-hydrogen) atoms. The predicted molar refractivity (Wildman–Crippen MR) is 88.1 cm³/mol. The van der Waals surface area contributed by atoms with Gasteiger partial charge in [0.15, 0.2) is 0 Å². The minimum atomic E-state index is -0.453. The van der Waals surface area contributed by atoms with Crippen molar-refractivity contribution < 1.29 is 14.0 Å². The van der Waals surface area contributed by atoms with Crippen molar-refractivity contribution in [1.82, 2.24) is 5.32 Å². The average molecular weight is 314 g/mol. The molecule has 0 unspecified atom stereocenters. The summed E-state index contributed by atoms with van der Waals surface area (Å²) in [6.45, 7) is 2.48. The van der Waals surface area contributed by atoms with Gasteiger partial charge in [0, 0.05) is 29.0 Å². The van der Waals surface area contributed by atoms with Crippen LogP contribution in [-0.2, 0) is 11.2 Å². The lowest BCUT2D eigenvalue weighted by Gasteiger charge is -2.10. The first-order chi connectivity index (χ1) is 11.1. The van der Waals surface area contributed by atoms with E-state index in [-0.39, 0.29) is 11.8 Å². The Morgan fingerprint density at radius 3 is 2.74 bits per heavy atom. The van der Waals surface area contributed by atoms with Crippen molar-refractivity contribution in [2.45, 2.75) is 39.0 Å². The molecule has 5 heteroatoms. The first kappa shape index (κ1) is 15.6. The number of hydrogen-bond donors (Lipinski definition) is 2. The van der Waals surface area contributed by atoms with Gasteiger partial charge in [-0.15, -0.1) is 0 Å². The molecule has 1 fully saturated rings. The zero-order valence-corrected chi connectivity index (χ0v) is 13.4. The summed E-state index contributed by atoms with van der Waals surface area (Å²) in [5, 5.41) is 3.92. The maximum atomic E-state index is 12.1. The number of carbonyl (C=O) groups excluding carboxylic acids is 2. The van der Waals surface area contributed by atoms with Crippen LogP contribution in [0.5, 0.6) is 0 Å². The summed E-state index contributed by atoms with van der Waals surface area (Å²) >= 11 is 0. The van der Waals surface area contributed by atoms with E-state index in [0.717, 1.165) is 48.0 Å². The molecule has 0 saturated heterocycles. The molecule has 1 aliphatic rings. The van der Waals surface area contributed by atoms with Gasteiger partial charge in [0.05, 0.1) is 0 Å². The number of fused-ring (bicyclic) bond motifs is 1. The van der Waals surface area contributed by atoms with E-state index in [0.29, 0.717) is 18.5 Å². The summed E-state index contributed by atoms with van der Waals surface area (Å²) in [4.78, 5) is 23.4. The molecule has 0 aliphatic heterocycles. The third kappa shape index (κ3) is 3.23. The average Bonchev–Trinajstić information content (AvgIpc) is 3.15. The molecule has 2 amide bonds. The number of hydrogen-bond acceptors (Lipinski definition) is 3. The largest absolute Gasteiger partial charge is 0.461 e. The van der Waals surface area contributed by atoms with Gasteiger partial charge in [-0.1, -0.05) is 12.8 Å². The van der Waals surface area contributed by atoms with E-state index < -0.39 is 5.91 Å². The number of furan rings is 1. The number of carbonyl (C=O) groups is 2. The fourth-order valence-corrected chi connectivity index (χ4v) is 3.38. The van der Waals surface area contributed by atoms with Crippen LogP contribution < -0.4 is 11.1 Å². The Bertz CT molecular complexity index is 742. The molecule has 3 N–H and O–H groups in total.